The van der Waals surface area contributed by atoms with Gasteiger partial charge in [-0.2, -0.15) is 0 Å². The summed E-state index contributed by atoms with van der Waals surface area (Å²) in [6, 6.07) is 9.61. The minimum atomic E-state index is -0.0959. The third kappa shape index (κ3) is 5.38. The molecule has 116 valence electrons. The number of halogens is 2. The number of aromatic nitrogens is 1. The number of nitrogens with zero attached hydrogens (tertiary/aromatic N) is 1. The van der Waals surface area contributed by atoms with Crippen LogP contribution in [0.1, 0.15) is 11.5 Å². The van der Waals surface area contributed by atoms with Crippen LogP contribution in [-0.4, -0.2) is 24.0 Å². The lowest BCUT2D eigenvalue weighted by atomic mass is 10.2. The summed E-state index contributed by atoms with van der Waals surface area (Å²) < 4.78 is 5.59. The van der Waals surface area contributed by atoms with Crippen LogP contribution >= 0.6 is 24.8 Å². The molecule has 0 saturated carbocycles. The predicted molar refractivity (Wildman–Crippen MR) is 86.9 cm³/mol. The standard InChI is InChI=1S/C14H17N3O2.2ClH/c1-10-12(9-13(18)16-8-7-15)17-14(19-10)11-5-3-2-4-6-11;;/h2-6H,7-9,15H2,1H3,(H,16,18);2*1H. The van der Waals surface area contributed by atoms with Gasteiger partial charge >= 0.3 is 0 Å². The van der Waals surface area contributed by atoms with Gasteiger partial charge in [0.05, 0.1) is 12.1 Å². The second-order valence-electron chi connectivity index (χ2n) is 4.20. The molecule has 0 unspecified atom stereocenters. The van der Waals surface area contributed by atoms with E-state index in [2.05, 4.69) is 10.3 Å². The van der Waals surface area contributed by atoms with Gasteiger partial charge in [0.15, 0.2) is 0 Å². The summed E-state index contributed by atoms with van der Waals surface area (Å²) in [5, 5.41) is 2.71. The van der Waals surface area contributed by atoms with Crippen molar-refractivity contribution >= 4 is 30.7 Å². The van der Waals surface area contributed by atoms with Crippen molar-refractivity contribution in [3.05, 3.63) is 41.8 Å². The molecule has 2 aromatic rings. The molecule has 3 N–H and O–H groups in total. The first-order valence-corrected chi connectivity index (χ1v) is 6.19. The normalized spacial score (nSPS) is 9.43. The Morgan fingerprint density at radius 1 is 1.29 bits per heavy atom. The van der Waals surface area contributed by atoms with E-state index in [9.17, 15) is 4.79 Å². The minimum absolute atomic E-state index is 0. The van der Waals surface area contributed by atoms with Crippen molar-refractivity contribution in [3.63, 3.8) is 0 Å². The van der Waals surface area contributed by atoms with Crippen molar-refractivity contribution in [1.82, 2.24) is 10.3 Å². The highest BCUT2D eigenvalue weighted by atomic mass is 35.5. The third-order valence-electron chi connectivity index (χ3n) is 2.71. The summed E-state index contributed by atoms with van der Waals surface area (Å²) in [6.07, 6.45) is 0.210. The fourth-order valence-corrected chi connectivity index (χ4v) is 1.72. The van der Waals surface area contributed by atoms with Gasteiger partial charge in [-0.1, -0.05) is 18.2 Å². The summed E-state index contributed by atoms with van der Waals surface area (Å²) in [7, 11) is 0. The zero-order valence-electron chi connectivity index (χ0n) is 11.7. The SMILES string of the molecule is Cc1oc(-c2ccccc2)nc1CC(=O)NCCN.Cl.Cl. The van der Waals surface area contributed by atoms with E-state index in [1.165, 1.54) is 0 Å². The number of carbonyl (C=O) groups is 1. The maximum atomic E-state index is 11.6. The molecule has 0 aliphatic rings. The topological polar surface area (TPSA) is 81.2 Å². The van der Waals surface area contributed by atoms with Crippen molar-refractivity contribution in [2.45, 2.75) is 13.3 Å². The Balaban J connectivity index is 0.00000200. The second kappa shape index (κ2) is 9.39. The number of benzene rings is 1. The predicted octanol–water partition coefficient (Wildman–Crippen LogP) is 2.11. The number of hydrogen-bond donors (Lipinski definition) is 2. The molecule has 0 bridgehead atoms. The molecular weight excluding hydrogens is 313 g/mol. The van der Waals surface area contributed by atoms with E-state index < -0.39 is 0 Å². The van der Waals surface area contributed by atoms with Crippen LogP contribution in [0.3, 0.4) is 0 Å². The number of hydrogen-bond acceptors (Lipinski definition) is 4. The molecule has 0 radical (unpaired) electrons. The van der Waals surface area contributed by atoms with Crippen molar-refractivity contribution in [2.75, 3.05) is 13.1 Å². The fourth-order valence-electron chi connectivity index (χ4n) is 1.72. The van der Waals surface area contributed by atoms with Crippen LogP contribution in [0.25, 0.3) is 11.5 Å². The van der Waals surface area contributed by atoms with E-state index in [1.807, 2.05) is 37.3 Å². The average Bonchev–Trinajstić information content (AvgIpc) is 2.79. The highest BCUT2D eigenvalue weighted by molar-refractivity contribution is 5.85. The van der Waals surface area contributed by atoms with E-state index in [-0.39, 0.29) is 37.1 Å². The van der Waals surface area contributed by atoms with Crippen LogP contribution in [-0.2, 0) is 11.2 Å². The zero-order valence-corrected chi connectivity index (χ0v) is 13.3. The number of amides is 1. The summed E-state index contributed by atoms with van der Waals surface area (Å²) >= 11 is 0. The Kier molecular flexibility index (Phi) is 8.69. The molecule has 21 heavy (non-hydrogen) atoms. The van der Waals surface area contributed by atoms with E-state index in [1.54, 1.807) is 0 Å². The lowest BCUT2D eigenvalue weighted by Crippen LogP contribution is -2.30. The lowest BCUT2D eigenvalue weighted by molar-refractivity contribution is -0.120. The van der Waals surface area contributed by atoms with E-state index in [0.29, 0.717) is 30.4 Å². The maximum absolute atomic E-state index is 11.6. The van der Waals surface area contributed by atoms with Gasteiger partial charge in [-0.05, 0) is 19.1 Å². The van der Waals surface area contributed by atoms with Crippen molar-refractivity contribution in [3.8, 4) is 11.5 Å². The molecule has 0 saturated heterocycles. The first kappa shape index (κ1) is 19.4. The van der Waals surface area contributed by atoms with E-state index in [4.69, 9.17) is 10.2 Å². The molecule has 0 aliphatic heterocycles. The Morgan fingerprint density at radius 2 is 1.95 bits per heavy atom. The number of carbonyl (C=O) groups excluding carboxylic acids is 1. The molecule has 0 atom stereocenters. The molecule has 7 heteroatoms. The zero-order chi connectivity index (χ0) is 13.7. The molecule has 0 fully saturated rings. The molecule has 1 amide bonds. The van der Waals surface area contributed by atoms with E-state index in [0.717, 1.165) is 5.56 Å². The van der Waals surface area contributed by atoms with Gasteiger partial charge in [0.1, 0.15) is 5.76 Å². The summed E-state index contributed by atoms with van der Waals surface area (Å²) in [5.41, 5.74) is 6.89. The number of aryl methyl sites for hydroxylation is 1. The summed E-state index contributed by atoms with van der Waals surface area (Å²) in [6.45, 7) is 2.71. The van der Waals surface area contributed by atoms with Gasteiger partial charge in [-0.3, -0.25) is 4.79 Å². The average molecular weight is 332 g/mol. The van der Waals surface area contributed by atoms with Crippen LogP contribution in [0, 0.1) is 6.92 Å². The smallest absolute Gasteiger partial charge is 0.226 e. The largest absolute Gasteiger partial charge is 0.441 e. The highest BCUT2D eigenvalue weighted by Crippen LogP contribution is 2.21. The fraction of sp³-hybridized carbons (Fsp3) is 0.286. The number of nitrogens with two attached hydrogens (primary N) is 1. The van der Waals surface area contributed by atoms with Crippen LogP contribution in [0.15, 0.2) is 34.7 Å². The molecule has 1 aromatic carbocycles. The van der Waals surface area contributed by atoms with Gasteiger partial charge < -0.3 is 15.5 Å². The Hall–Kier alpha value is -1.56. The molecule has 2 rings (SSSR count). The van der Waals surface area contributed by atoms with Gasteiger partial charge in [-0.15, -0.1) is 24.8 Å². The van der Waals surface area contributed by atoms with Gasteiger partial charge in [0, 0.05) is 18.7 Å². The molecule has 0 spiro atoms. The molecule has 0 aliphatic carbocycles. The molecule has 5 nitrogen and oxygen atoms in total. The lowest BCUT2D eigenvalue weighted by Gasteiger charge is -2.00. The second-order valence-corrected chi connectivity index (χ2v) is 4.20. The Labute approximate surface area is 136 Å². The number of oxazole rings is 1. The van der Waals surface area contributed by atoms with Gasteiger partial charge in [-0.25, -0.2) is 4.98 Å². The first-order chi connectivity index (χ1) is 9.20. The quantitative estimate of drug-likeness (QED) is 0.879. The molecular formula is C14H19Cl2N3O2. The van der Waals surface area contributed by atoms with Crippen molar-refractivity contribution in [1.29, 1.82) is 0 Å². The van der Waals surface area contributed by atoms with Crippen LogP contribution in [0.5, 0.6) is 0 Å². The number of rotatable bonds is 5. The van der Waals surface area contributed by atoms with Crippen LogP contribution in [0.2, 0.25) is 0 Å². The Morgan fingerprint density at radius 3 is 2.57 bits per heavy atom. The number of nitrogens with one attached hydrogen (secondary N) is 1. The summed E-state index contributed by atoms with van der Waals surface area (Å²) in [5.74, 6) is 1.11. The minimum Gasteiger partial charge on any atom is -0.441 e. The molecule has 1 aromatic heterocycles. The van der Waals surface area contributed by atoms with Crippen molar-refractivity contribution in [2.24, 2.45) is 5.73 Å². The van der Waals surface area contributed by atoms with Gasteiger partial charge in [0.25, 0.3) is 0 Å². The monoisotopic (exact) mass is 331 g/mol. The van der Waals surface area contributed by atoms with Crippen LogP contribution in [0.4, 0.5) is 0 Å². The summed E-state index contributed by atoms with van der Waals surface area (Å²) in [4.78, 5) is 16.0. The highest BCUT2D eigenvalue weighted by Gasteiger charge is 2.14. The van der Waals surface area contributed by atoms with E-state index >= 15 is 0 Å². The van der Waals surface area contributed by atoms with Crippen LogP contribution < -0.4 is 11.1 Å². The maximum Gasteiger partial charge on any atom is 0.226 e. The third-order valence-corrected chi connectivity index (χ3v) is 2.71. The Bertz CT molecular complexity index is 559. The van der Waals surface area contributed by atoms with Crippen molar-refractivity contribution < 1.29 is 9.21 Å². The first-order valence-electron chi connectivity index (χ1n) is 6.19. The van der Waals surface area contributed by atoms with Gasteiger partial charge in [0.2, 0.25) is 11.8 Å². The molecule has 1 heterocycles.